The van der Waals surface area contributed by atoms with Gasteiger partial charge in [-0.2, -0.15) is 0 Å². The molecule has 0 spiro atoms. The summed E-state index contributed by atoms with van der Waals surface area (Å²) in [4.78, 5) is 0. The third-order valence-electron chi connectivity index (χ3n) is 2.31. The highest BCUT2D eigenvalue weighted by atomic mass is 14.5. The molecule has 1 unspecified atom stereocenters. The van der Waals surface area contributed by atoms with E-state index in [4.69, 9.17) is 5.73 Å². The van der Waals surface area contributed by atoms with Crippen LogP contribution in [0.25, 0.3) is 0 Å². The van der Waals surface area contributed by atoms with Gasteiger partial charge < -0.3 is 5.73 Å². The van der Waals surface area contributed by atoms with Crippen molar-refractivity contribution in [1.29, 1.82) is 0 Å². The van der Waals surface area contributed by atoms with Gasteiger partial charge in [-0.25, -0.2) is 0 Å². The zero-order valence-corrected chi connectivity index (χ0v) is 11.6. The summed E-state index contributed by atoms with van der Waals surface area (Å²) in [6.07, 6.45) is 13.7. The van der Waals surface area contributed by atoms with E-state index in [0.717, 1.165) is 18.0 Å². The molecule has 0 heterocycles. The molecule has 1 heteroatoms. The number of rotatable bonds is 6. The highest BCUT2D eigenvalue weighted by Gasteiger charge is 1.94. The van der Waals surface area contributed by atoms with Gasteiger partial charge in [-0.15, -0.1) is 5.73 Å². The first-order chi connectivity index (χ1) is 8.12. The standard InChI is InChI=1S/C13H23N.C3H4/c1-4-9-13(14)11-8-6-7-10-12(3)5-2;1-3-2/h4,6,8-9,11-12H,5,7,10,14H2,1-3H3;1-2H2/b8-6+,9-4-,13-11+;. The first kappa shape index (κ1) is 17.9. The maximum absolute atomic E-state index is 5.68. The topological polar surface area (TPSA) is 26.0 Å². The number of allylic oxidation sites excluding steroid dienone is 5. The predicted molar refractivity (Wildman–Crippen MR) is 79.7 cm³/mol. The van der Waals surface area contributed by atoms with Gasteiger partial charge in [-0.3, -0.25) is 0 Å². The molecule has 0 rings (SSSR count). The van der Waals surface area contributed by atoms with Gasteiger partial charge >= 0.3 is 0 Å². The van der Waals surface area contributed by atoms with Crippen LogP contribution in [-0.2, 0) is 0 Å². The molecule has 2 N–H and O–H groups in total. The molecule has 0 saturated carbocycles. The van der Waals surface area contributed by atoms with Crippen molar-refractivity contribution in [2.24, 2.45) is 11.7 Å². The van der Waals surface area contributed by atoms with Crippen LogP contribution in [0.2, 0.25) is 0 Å². The molecule has 0 radical (unpaired) electrons. The fourth-order valence-electron chi connectivity index (χ4n) is 1.11. The maximum atomic E-state index is 5.68. The summed E-state index contributed by atoms with van der Waals surface area (Å²) >= 11 is 0. The Morgan fingerprint density at radius 3 is 2.47 bits per heavy atom. The summed E-state index contributed by atoms with van der Waals surface area (Å²) in [5, 5.41) is 0. The van der Waals surface area contributed by atoms with Crippen LogP contribution in [0, 0.1) is 5.92 Å². The van der Waals surface area contributed by atoms with Gasteiger partial charge in [0.05, 0.1) is 0 Å². The summed E-state index contributed by atoms with van der Waals surface area (Å²) in [5.74, 6) is 0.830. The van der Waals surface area contributed by atoms with Crippen molar-refractivity contribution < 1.29 is 0 Å². The highest BCUT2D eigenvalue weighted by Crippen LogP contribution is 2.09. The van der Waals surface area contributed by atoms with Crippen LogP contribution in [0.5, 0.6) is 0 Å². The lowest BCUT2D eigenvalue weighted by atomic mass is 10.0. The lowest BCUT2D eigenvalue weighted by molar-refractivity contribution is 0.522. The fourth-order valence-corrected chi connectivity index (χ4v) is 1.11. The summed E-state index contributed by atoms with van der Waals surface area (Å²) in [7, 11) is 0. The van der Waals surface area contributed by atoms with E-state index in [1.807, 2.05) is 31.2 Å². The maximum Gasteiger partial charge on any atom is 0.0310 e. The second kappa shape index (κ2) is 14.5. The normalized spacial score (nSPS) is 13.2. The van der Waals surface area contributed by atoms with Crippen LogP contribution in [0.3, 0.4) is 0 Å². The van der Waals surface area contributed by atoms with Crippen LogP contribution in [-0.4, -0.2) is 0 Å². The first-order valence-electron chi connectivity index (χ1n) is 6.16. The van der Waals surface area contributed by atoms with E-state index in [1.54, 1.807) is 0 Å². The third-order valence-corrected chi connectivity index (χ3v) is 2.31. The Labute approximate surface area is 107 Å². The molecule has 0 aromatic heterocycles. The number of hydrogen-bond acceptors (Lipinski definition) is 1. The molecule has 0 aromatic carbocycles. The molecule has 0 aliphatic carbocycles. The zero-order chi connectivity index (χ0) is 13.5. The van der Waals surface area contributed by atoms with Crippen LogP contribution in [0.4, 0.5) is 0 Å². The molecule has 0 saturated heterocycles. The van der Waals surface area contributed by atoms with Crippen LogP contribution in [0.15, 0.2) is 55.0 Å². The average molecular weight is 233 g/mol. The molecular formula is C16H27N. The van der Waals surface area contributed by atoms with Crippen molar-refractivity contribution >= 4 is 0 Å². The smallest absolute Gasteiger partial charge is 0.0310 e. The molecule has 0 aromatic rings. The Bertz CT molecular complexity index is 276. The molecule has 0 aliphatic rings. The SMILES string of the molecule is C=C=C.C\C=C/C(N)=C\C=C\CCC(C)CC. The highest BCUT2D eigenvalue weighted by molar-refractivity contribution is 5.19. The lowest BCUT2D eigenvalue weighted by Crippen LogP contribution is -1.91. The van der Waals surface area contributed by atoms with Crippen molar-refractivity contribution in [1.82, 2.24) is 0 Å². The summed E-state index contributed by atoms with van der Waals surface area (Å²) in [6.45, 7) is 12.7. The van der Waals surface area contributed by atoms with E-state index in [0.29, 0.717) is 0 Å². The average Bonchev–Trinajstić information content (AvgIpc) is 2.29. The Morgan fingerprint density at radius 1 is 1.41 bits per heavy atom. The molecule has 1 atom stereocenters. The van der Waals surface area contributed by atoms with Crippen LogP contribution in [0.1, 0.15) is 40.0 Å². The van der Waals surface area contributed by atoms with Crippen molar-refractivity contribution in [2.45, 2.75) is 40.0 Å². The lowest BCUT2D eigenvalue weighted by Gasteiger charge is -2.03. The Kier molecular flexibility index (Phi) is 15.3. The van der Waals surface area contributed by atoms with Gasteiger partial charge in [0, 0.05) is 5.70 Å². The predicted octanol–water partition coefficient (Wildman–Crippen LogP) is 4.74. The van der Waals surface area contributed by atoms with Gasteiger partial charge in [0.1, 0.15) is 0 Å². The monoisotopic (exact) mass is 233 g/mol. The van der Waals surface area contributed by atoms with Crippen molar-refractivity contribution in [3.8, 4) is 0 Å². The summed E-state index contributed by atoms with van der Waals surface area (Å²) in [5.41, 5.74) is 8.74. The Morgan fingerprint density at radius 2 is 2.00 bits per heavy atom. The van der Waals surface area contributed by atoms with Crippen molar-refractivity contribution in [3.63, 3.8) is 0 Å². The van der Waals surface area contributed by atoms with E-state index in [2.05, 4.69) is 38.8 Å². The summed E-state index contributed by atoms with van der Waals surface area (Å²) < 4.78 is 0. The van der Waals surface area contributed by atoms with Crippen molar-refractivity contribution in [2.75, 3.05) is 0 Å². The van der Waals surface area contributed by atoms with E-state index in [-0.39, 0.29) is 0 Å². The fraction of sp³-hybridized carbons (Fsp3) is 0.438. The second-order valence-electron chi connectivity index (χ2n) is 3.94. The van der Waals surface area contributed by atoms with E-state index in [9.17, 15) is 0 Å². The van der Waals surface area contributed by atoms with E-state index in [1.165, 1.54) is 12.8 Å². The van der Waals surface area contributed by atoms with Crippen LogP contribution >= 0.6 is 0 Å². The molecule has 17 heavy (non-hydrogen) atoms. The zero-order valence-electron chi connectivity index (χ0n) is 11.6. The van der Waals surface area contributed by atoms with E-state index >= 15 is 0 Å². The number of nitrogens with two attached hydrogens (primary N) is 1. The quantitative estimate of drug-likeness (QED) is 0.520. The second-order valence-corrected chi connectivity index (χ2v) is 3.94. The molecule has 0 bridgehead atoms. The van der Waals surface area contributed by atoms with Gasteiger partial charge in [0.25, 0.3) is 0 Å². The molecule has 1 nitrogen and oxygen atoms in total. The summed E-state index contributed by atoms with van der Waals surface area (Å²) in [6, 6.07) is 0. The Hall–Kier alpha value is -1.46. The molecule has 0 aliphatic heterocycles. The van der Waals surface area contributed by atoms with Gasteiger partial charge in [0.2, 0.25) is 0 Å². The molecular weight excluding hydrogens is 206 g/mol. The minimum Gasteiger partial charge on any atom is -0.399 e. The first-order valence-corrected chi connectivity index (χ1v) is 6.16. The largest absolute Gasteiger partial charge is 0.399 e. The molecule has 0 amide bonds. The van der Waals surface area contributed by atoms with Gasteiger partial charge in [-0.1, -0.05) is 51.7 Å². The Balaban J connectivity index is 0. The van der Waals surface area contributed by atoms with Gasteiger partial charge in [0.15, 0.2) is 0 Å². The van der Waals surface area contributed by atoms with E-state index < -0.39 is 0 Å². The molecule has 0 fully saturated rings. The van der Waals surface area contributed by atoms with Crippen molar-refractivity contribution in [3.05, 3.63) is 55.0 Å². The molecule has 96 valence electrons. The van der Waals surface area contributed by atoms with Crippen LogP contribution < -0.4 is 5.73 Å². The number of hydrogen-bond donors (Lipinski definition) is 1. The minimum atomic E-state index is 0.812. The minimum absolute atomic E-state index is 0.812. The van der Waals surface area contributed by atoms with Gasteiger partial charge in [-0.05, 0) is 37.8 Å². The third kappa shape index (κ3) is 17.2.